The zero-order valence-corrected chi connectivity index (χ0v) is 19.3. The molecule has 0 aliphatic carbocycles. The molecule has 3 unspecified atom stereocenters. The van der Waals surface area contributed by atoms with Gasteiger partial charge in [0.1, 0.15) is 0 Å². The first-order valence-electron chi connectivity index (χ1n) is 11.8. The summed E-state index contributed by atoms with van der Waals surface area (Å²) in [4.78, 5) is 27.8. The van der Waals surface area contributed by atoms with Gasteiger partial charge in [-0.05, 0) is 36.5 Å². The smallest absolute Gasteiger partial charge is 0.315 e. The van der Waals surface area contributed by atoms with Gasteiger partial charge in [-0.25, -0.2) is 5.21 Å². The molecule has 2 aliphatic rings. The van der Waals surface area contributed by atoms with Crippen molar-refractivity contribution in [1.82, 2.24) is 14.0 Å². The predicted molar refractivity (Wildman–Crippen MR) is 126 cm³/mol. The van der Waals surface area contributed by atoms with Crippen molar-refractivity contribution in [1.29, 1.82) is 0 Å². The minimum Gasteiger partial charge on any atom is -0.595 e. The van der Waals surface area contributed by atoms with E-state index < -0.39 is 10.8 Å². The fourth-order valence-electron chi connectivity index (χ4n) is 5.61. The number of methoxy groups -OCH3 is 1. The van der Waals surface area contributed by atoms with Crippen LogP contribution in [0, 0.1) is 11.1 Å². The number of aromatic nitrogens is 2. The van der Waals surface area contributed by atoms with Crippen molar-refractivity contribution in [3.8, 4) is 0 Å². The molecule has 5 rings (SSSR count). The number of pyridine rings is 1. The fraction of sp³-hybridized carbons (Fsp3) is 0.440. The number of carbonyl (C=O) groups excluding carboxylic acids is 1. The van der Waals surface area contributed by atoms with Crippen molar-refractivity contribution in [2.24, 2.45) is 5.92 Å². The van der Waals surface area contributed by atoms with Gasteiger partial charge in [0.15, 0.2) is 0 Å². The third kappa shape index (κ3) is 4.16. The van der Waals surface area contributed by atoms with E-state index >= 15 is 0 Å². The Labute approximate surface area is 197 Å². The normalized spacial score (nSPS) is 20.4. The number of hydrogen-bond donors (Lipinski definition) is 2. The summed E-state index contributed by atoms with van der Waals surface area (Å²) in [7, 11) is 1.69. The van der Waals surface area contributed by atoms with E-state index in [0.29, 0.717) is 39.1 Å². The van der Waals surface area contributed by atoms with E-state index in [9.17, 15) is 20.0 Å². The number of likely N-dealkylation sites (tertiary alicyclic amines) is 1. The van der Waals surface area contributed by atoms with Gasteiger partial charge in [0, 0.05) is 74.5 Å². The van der Waals surface area contributed by atoms with Crippen molar-refractivity contribution in [3.63, 3.8) is 0 Å². The van der Waals surface area contributed by atoms with Gasteiger partial charge in [0.25, 0.3) is 0 Å². The molecule has 0 spiro atoms. The molecule has 3 atom stereocenters. The topological polar surface area (TPSA) is 104 Å². The number of fused-ring (bicyclic) bond motifs is 5. The van der Waals surface area contributed by atoms with Crippen LogP contribution >= 0.6 is 0 Å². The molecular weight excluding hydrogens is 436 g/mol. The van der Waals surface area contributed by atoms with Crippen LogP contribution in [0.4, 0.5) is 5.69 Å². The Bertz CT molecular complexity index is 1260. The van der Waals surface area contributed by atoms with E-state index in [2.05, 4.69) is 22.9 Å². The van der Waals surface area contributed by atoms with Crippen LogP contribution in [0.2, 0.25) is 0 Å². The van der Waals surface area contributed by atoms with Gasteiger partial charge >= 0.3 is 5.56 Å². The van der Waals surface area contributed by atoms with Gasteiger partial charge in [-0.3, -0.25) is 9.59 Å². The van der Waals surface area contributed by atoms with Crippen LogP contribution < -0.4 is 10.8 Å². The van der Waals surface area contributed by atoms with E-state index in [4.69, 9.17) is 4.74 Å². The lowest BCUT2D eigenvalue weighted by atomic mass is 9.83. The number of para-hydroxylation sites is 1. The molecule has 9 heteroatoms. The molecule has 1 saturated heterocycles. The fourth-order valence-corrected chi connectivity index (χ4v) is 5.61. The summed E-state index contributed by atoms with van der Waals surface area (Å²) < 4.78 is 9.03. The molecule has 2 aromatic heterocycles. The second kappa shape index (κ2) is 9.34. The molecule has 2 aliphatic heterocycles. The first-order valence-corrected chi connectivity index (χ1v) is 11.8. The molecule has 1 amide bonds. The largest absolute Gasteiger partial charge is 0.595 e. The summed E-state index contributed by atoms with van der Waals surface area (Å²) in [5.74, 6) is 0.345. The SMILES string of the molecule is COCCn1cc(CCC(=O)N2CC3CC(C2)c2ccc([NH+]([O-])O)c(=O)n2C3)c2ccccc21. The summed E-state index contributed by atoms with van der Waals surface area (Å²) in [6.45, 7) is 3.03. The number of aryl methyl sites for hydroxylation is 1. The first-order chi connectivity index (χ1) is 16.5. The lowest BCUT2D eigenvalue weighted by Crippen LogP contribution is -3.00. The van der Waals surface area contributed by atoms with Crippen molar-refractivity contribution >= 4 is 22.5 Å². The maximum Gasteiger partial charge on any atom is 0.315 e. The molecule has 1 aromatic carbocycles. The number of piperidine rings is 1. The van der Waals surface area contributed by atoms with E-state index in [1.807, 2.05) is 17.0 Å². The zero-order valence-electron chi connectivity index (χ0n) is 19.3. The minimum atomic E-state index is -1.20. The van der Waals surface area contributed by atoms with Gasteiger partial charge in [0.05, 0.1) is 6.61 Å². The van der Waals surface area contributed by atoms with Gasteiger partial charge in [-0.1, -0.05) is 18.2 Å². The average molecular weight is 467 g/mol. The van der Waals surface area contributed by atoms with Crippen molar-refractivity contribution < 1.29 is 20.0 Å². The molecule has 180 valence electrons. The summed E-state index contributed by atoms with van der Waals surface area (Å²) in [6.07, 6.45) is 4.15. The Morgan fingerprint density at radius 2 is 2.03 bits per heavy atom. The van der Waals surface area contributed by atoms with Crippen molar-refractivity contribution in [2.75, 3.05) is 26.8 Å². The van der Waals surface area contributed by atoms with Crippen LogP contribution in [0.5, 0.6) is 0 Å². The Balaban J connectivity index is 1.30. The molecule has 34 heavy (non-hydrogen) atoms. The number of nitrogens with zero attached hydrogens (tertiary/aromatic N) is 3. The number of carbonyl (C=O) groups is 1. The third-order valence-corrected chi connectivity index (χ3v) is 7.20. The molecule has 2 bridgehead atoms. The zero-order chi connectivity index (χ0) is 23.8. The lowest BCUT2D eigenvalue weighted by Gasteiger charge is -2.43. The number of quaternary nitrogens is 1. The van der Waals surface area contributed by atoms with E-state index in [1.165, 1.54) is 11.5 Å². The second-order valence-corrected chi connectivity index (χ2v) is 9.35. The Kier molecular flexibility index (Phi) is 6.26. The van der Waals surface area contributed by atoms with Crippen LogP contribution in [0.1, 0.15) is 30.0 Å². The Hall–Kier alpha value is -2.98. The van der Waals surface area contributed by atoms with Gasteiger partial charge < -0.3 is 24.0 Å². The number of ether oxygens (including phenoxy) is 1. The monoisotopic (exact) mass is 466 g/mol. The van der Waals surface area contributed by atoms with Crippen molar-refractivity contribution in [2.45, 2.75) is 38.3 Å². The maximum atomic E-state index is 13.2. The number of nitrogens with one attached hydrogen (secondary N) is 1. The van der Waals surface area contributed by atoms with Gasteiger partial charge in [-0.2, -0.15) is 5.23 Å². The average Bonchev–Trinajstić information content (AvgIpc) is 3.19. The summed E-state index contributed by atoms with van der Waals surface area (Å²) >= 11 is 0. The molecule has 4 heterocycles. The maximum absolute atomic E-state index is 13.2. The predicted octanol–water partition coefficient (Wildman–Crippen LogP) is 1.43. The van der Waals surface area contributed by atoms with E-state index in [-0.39, 0.29) is 23.4 Å². The molecule has 2 N–H and O–H groups in total. The van der Waals surface area contributed by atoms with Gasteiger partial charge in [-0.15, -0.1) is 0 Å². The standard InChI is InChI=1S/C25H30N4O5/c1-34-11-10-26-15-18(20-4-2-3-5-22(20)26)6-9-24(30)27-13-17-12-19(16-27)21-7-8-23(29(32)33)25(31)28(21)14-17/h2-5,7-8,15,17,19,29,32H,6,9-14,16H2,1H3. The van der Waals surface area contributed by atoms with Crippen LogP contribution in [0.25, 0.3) is 10.9 Å². The highest BCUT2D eigenvalue weighted by Gasteiger charge is 2.37. The Morgan fingerprint density at radius 3 is 2.82 bits per heavy atom. The van der Waals surface area contributed by atoms with Crippen LogP contribution in [0.15, 0.2) is 47.4 Å². The minimum absolute atomic E-state index is 0.0583. The number of hydrogen-bond acceptors (Lipinski definition) is 5. The summed E-state index contributed by atoms with van der Waals surface area (Å²) in [5.41, 5.74) is 2.52. The molecule has 1 fully saturated rings. The molecule has 0 saturated carbocycles. The highest BCUT2D eigenvalue weighted by atomic mass is 16.8. The molecule has 9 nitrogen and oxygen atoms in total. The van der Waals surface area contributed by atoms with Crippen LogP contribution in [-0.2, 0) is 29.0 Å². The second-order valence-electron chi connectivity index (χ2n) is 9.35. The number of amides is 1. The highest BCUT2D eigenvalue weighted by Crippen LogP contribution is 2.35. The first kappa shape index (κ1) is 22.8. The highest BCUT2D eigenvalue weighted by molar-refractivity contribution is 5.85. The van der Waals surface area contributed by atoms with E-state index in [0.717, 1.165) is 29.7 Å². The van der Waals surface area contributed by atoms with Crippen LogP contribution in [-0.4, -0.2) is 52.0 Å². The van der Waals surface area contributed by atoms with Crippen molar-refractivity contribution in [3.05, 3.63) is 69.4 Å². The molecular formula is C25H30N4O5. The third-order valence-electron chi connectivity index (χ3n) is 7.20. The molecule has 3 aromatic rings. The molecule has 0 radical (unpaired) electrons. The number of benzene rings is 1. The quantitative estimate of drug-likeness (QED) is 0.513. The van der Waals surface area contributed by atoms with Crippen LogP contribution in [0.3, 0.4) is 0 Å². The summed E-state index contributed by atoms with van der Waals surface area (Å²) in [6, 6.07) is 11.4. The van der Waals surface area contributed by atoms with E-state index in [1.54, 1.807) is 17.7 Å². The lowest BCUT2D eigenvalue weighted by molar-refractivity contribution is -0.992. The Morgan fingerprint density at radius 1 is 1.21 bits per heavy atom. The summed E-state index contributed by atoms with van der Waals surface area (Å²) in [5, 5.41) is 20.6. The number of rotatable bonds is 7. The van der Waals surface area contributed by atoms with Gasteiger partial charge in [0.2, 0.25) is 11.6 Å².